The fourth-order valence-electron chi connectivity index (χ4n) is 7.22. The summed E-state index contributed by atoms with van der Waals surface area (Å²) >= 11 is 0. The van der Waals surface area contributed by atoms with Crippen molar-refractivity contribution in [3.8, 4) is 0 Å². The lowest BCUT2D eigenvalue weighted by molar-refractivity contribution is 0.554. The highest BCUT2D eigenvalue weighted by molar-refractivity contribution is 6.06. The van der Waals surface area contributed by atoms with Gasteiger partial charge in [-0.25, -0.2) is 0 Å². The molecule has 0 atom stereocenters. The van der Waals surface area contributed by atoms with E-state index in [4.69, 9.17) is 4.42 Å². The van der Waals surface area contributed by atoms with Crippen molar-refractivity contribution in [2.24, 2.45) is 0 Å². The molecule has 0 aliphatic heterocycles. The maximum Gasteiger partial charge on any atom is 0.140 e. The van der Waals surface area contributed by atoms with Gasteiger partial charge in [0.05, 0.1) is 5.41 Å². The standard InChI is InChI=1S/C38H28O/c1-37(2)30-16-6-8-18-32(30)38(33-19-9-7-17-31(33)37,27-23-22-25-12-3-4-13-26(25)24-27)34-20-11-15-29-28-14-5-10-21-35(28)39-36(29)34/h3-24H,1-2H3. The molecular formula is C38H28O. The second kappa shape index (κ2) is 7.94. The molecule has 1 aromatic heterocycles. The molecule has 1 heteroatoms. The van der Waals surface area contributed by atoms with Crippen molar-refractivity contribution < 1.29 is 4.42 Å². The van der Waals surface area contributed by atoms with Gasteiger partial charge in [-0.05, 0) is 50.7 Å². The molecule has 7 aromatic rings. The van der Waals surface area contributed by atoms with E-state index in [1.165, 1.54) is 44.2 Å². The predicted octanol–water partition coefficient (Wildman–Crippen LogP) is 9.76. The molecule has 0 unspecified atom stereocenters. The van der Waals surface area contributed by atoms with Gasteiger partial charge >= 0.3 is 0 Å². The lowest BCUT2D eigenvalue weighted by Gasteiger charge is -2.48. The molecule has 0 radical (unpaired) electrons. The molecule has 0 bridgehead atoms. The summed E-state index contributed by atoms with van der Waals surface area (Å²) in [7, 11) is 0. The fourth-order valence-corrected chi connectivity index (χ4v) is 7.22. The average Bonchev–Trinajstić information content (AvgIpc) is 3.37. The molecule has 0 fully saturated rings. The Kier molecular flexibility index (Phi) is 4.56. The van der Waals surface area contributed by atoms with E-state index in [0.717, 1.165) is 21.9 Å². The van der Waals surface area contributed by atoms with Gasteiger partial charge in [0.2, 0.25) is 0 Å². The minimum atomic E-state index is -0.555. The summed E-state index contributed by atoms with van der Waals surface area (Å²) < 4.78 is 6.75. The number of furan rings is 1. The number of rotatable bonds is 2. The minimum Gasteiger partial charge on any atom is -0.456 e. The summed E-state index contributed by atoms with van der Waals surface area (Å²) in [6.07, 6.45) is 0. The first-order valence-corrected chi connectivity index (χ1v) is 13.7. The lowest BCUT2D eigenvalue weighted by Crippen LogP contribution is -2.42. The number of para-hydroxylation sites is 2. The van der Waals surface area contributed by atoms with E-state index >= 15 is 0 Å². The summed E-state index contributed by atoms with van der Waals surface area (Å²) in [5.74, 6) is 0. The minimum absolute atomic E-state index is 0.144. The van der Waals surface area contributed by atoms with E-state index in [1.54, 1.807) is 0 Å². The molecule has 1 aliphatic rings. The van der Waals surface area contributed by atoms with Gasteiger partial charge in [-0.2, -0.15) is 0 Å². The SMILES string of the molecule is CC1(C)c2ccccc2C(c2ccc3ccccc3c2)(c2cccc3c2oc2ccccc23)c2ccccc21. The molecule has 1 aliphatic carbocycles. The summed E-state index contributed by atoms with van der Waals surface area (Å²) in [5.41, 5.74) is 8.95. The first kappa shape index (κ1) is 22.4. The van der Waals surface area contributed by atoms with Crippen LogP contribution in [-0.2, 0) is 10.8 Å². The van der Waals surface area contributed by atoms with Crippen LogP contribution in [0.25, 0.3) is 32.7 Å². The quantitative estimate of drug-likeness (QED) is 0.230. The Labute approximate surface area is 228 Å². The molecule has 39 heavy (non-hydrogen) atoms. The van der Waals surface area contributed by atoms with Crippen molar-refractivity contribution in [3.63, 3.8) is 0 Å². The summed E-state index contributed by atoms with van der Waals surface area (Å²) in [6.45, 7) is 4.72. The van der Waals surface area contributed by atoms with Gasteiger partial charge in [-0.1, -0.05) is 135 Å². The molecule has 0 saturated carbocycles. The third-order valence-corrected chi connectivity index (χ3v) is 9.00. The van der Waals surface area contributed by atoms with Gasteiger partial charge in [0, 0.05) is 21.8 Å². The molecule has 0 amide bonds. The summed E-state index contributed by atoms with van der Waals surface area (Å²) in [6, 6.07) is 48.8. The fraction of sp³-hybridized carbons (Fsp3) is 0.105. The molecule has 6 aromatic carbocycles. The Morgan fingerprint density at radius 1 is 0.462 bits per heavy atom. The second-order valence-corrected chi connectivity index (χ2v) is 11.3. The van der Waals surface area contributed by atoms with Crippen molar-refractivity contribution in [2.75, 3.05) is 0 Å². The molecule has 0 N–H and O–H groups in total. The van der Waals surface area contributed by atoms with Crippen LogP contribution in [0.2, 0.25) is 0 Å². The Hall–Kier alpha value is -4.62. The van der Waals surface area contributed by atoms with E-state index in [1.807, 2.05) is 0 Å². The van der Waals surface area contributed by atoms with Crippen molar-refractivity contribution in [1.29, 1.82) is 0 Å². The zero-order valence-corrected chi connectivity index (χ0v) is 22.1. The highest BCUT2D eigenvalue weighted by Gasteiger charge is 2.50. The van der Waals surface area contributed by atoms with E-state index in [-0.39, 0.29) is 5.41 Å². The van der Waals surface area contributed by atoms with Gasteiger partial charge in [0.15, 0.2) is 0 Å². The summed E-state index contributed by atoms with van der Waals surface area (Å²) in [5, 5.41) is 4.80. The second-order valence-electron chi connectivity index (χ2n) is 11.3. The number of fused-ring (bicyclic) bond motifs is 6. The zero-order valence-electron chi connectivity index (χ0n) is 22.1. The van der Waals surface area contributed by atoms with Gasteiger partial charge < -0.3 is 4.42 Å². The molecule has 8 rings (SSSR count). The van der Waals surface area contributed by atoms with Crippen molar-refractivity contribution in [2.45, 2.75) is 24.7 Å². The molecule has 0 spiro atoms. The largest absolute Gasteiger partial charge is 0.456 e. The highest BCUT2D eigenvalue weighted by atomic mass is 16.3. The van der Waals surface area contributed by atoms with Gasteiger partial charge in [-0.3, -0.25) is 0 Å². The maximum atomic E-state index is 6.75. The van der Waals surface area contributed by atoms with Crippen LogP contribution in [0.3, 0.4) is 0 Å². The van der Waals surface area contributed by atoms with Gasteiger partial charge in [-0.15, -0.1) is 0 Å². The molecular weight excluding hydrogens is 472 g/mol. The predicted molar refractivity (Wildman–Crippen MR) is 162 cm³/mol. The van der Waals surface area contributed by atoms with Crippen LogP contribution in [0.15, 0.2) is 138 Å². The number of hydrogen-bond acceptors (Lipinski definition) is 1. The van der Waals surface area contributed by atoms with Crippen LogP contribution in [0.1, 0.15) is 47.2 Å². The van der Waals surface area contributed by atoms with Gasteiger partial charge in [0.1, 0.15) is 11.2 Å². The molecule has 1 nitrogen and oxygen atoms in total. The van der Waals surface area contributed by atoms with Crippen molar-refractivity contribution in [3.05, 3.63) is 167 Å². The average molecular weight is 501 g/mol. The Morgan fingerprint density at radius 2 is 1.03 bits per heavy atom. The van der Waals surface area contributed by atoms with E-state index in [9.17, 15) is 0 Å². The normalized spacial score (nSPS) is 15.3. The first-order chi connectivity index (χ1) is 19.1. The molecule has 0 saturated heterocycles. The number of benzene rings is 6. The lowest BCUT2D eigenvalue weighted by atomic mass is 9.54. The smallest absolute Gasteiger partial charge is 0.140 e. The third-order valence-electron chi connectivity index (χ3n) is 9.00. The maximum absolute atomic E-state index is 6.75. The van der Waals surface area contributed by atoms with E-state index in [0.29, 0.717) is 0 Å². The van der Waals surface area contributed by atoms with Crippen LogP contribution in [-0.4, -0.2) is 0 Å². The Bertz CT molecular complexity index is 2010. The first-order valence-electron chi connectivity index (χ1n) is 13.7. The Balaban J connectivity index is 1.62. The molecule has 186 valence electrons. The van der Waals surface area contributed by atoms with Crippen LogP contribution in [0.5, 0.6) is 0 Å². The van der Waals surface area contributed by atoms with E-state index < -0.39 is 5.41 Å². The van der Waals surface area contributed by atoms with Crippen molar-refractivity contribution >= 4 is 32.7 Å². The zero-order chi connectivity index (χ0) is 26.2. The molecule has 1 heterocycles. The van der Waals surface area contributed by atoms with Crippen LogP contribution in [0.4, 0.5) is 0 Å². The number of hydrogen-bond donors (Lipinski definition) is 0. The monoisotopic (exact) mass is 500 g/mol. The Morgan fingerprint density at radius 3 is 1.77 bits per heavy atom. The third kappa shape index (κ3) is 2.90. The summed E-state index contributed by atoms with van der Waals surface area (Å²) in [4.78, 5) is 0. The topological polar surface area (TPSA) is 13.1 Å². The van der Waals surface area contributed by atoms with Crippen molar-refractivity contribution in [1.82, 2.24) is 0 Å². The van der Waals surface area contributed by atoms with Crippen LogP contribution >= 0.6 is 0 Å². The van der Waals surface area contributed by atoms with Gasteiger partial charge in [0.25, 0.3) is 0 Å². The van der Waals surface area contributed by atoms with E-state index in [2.05, 4.69) is 147 Å². The highest BCUT2D eigenvalue weighted by Crippen LogP contribution is 2.57. The van der Waals surface area contributed by atoms with Crippen LogP contribution in [0, 0.1) is 0 Å². The van der Waals surface area contributed by atoms with Crippen LogP contribution < -0.4 is 0 Å².